The number of carbonyl (C=O) groups excluding carboxylic acids is 1. The molecule has 0 fully saturated rings. The first kappa shape index (κ1) is 19.1. The van der Waals surface area contributed by atoms with Crippen LogP contribution in [0, 0.1) is 0 Å². The SMILES string of the molecule is CCc1ccc(C(=O)NC(C)(COC)C(=O)O)cc1S(C)(=O)=O. The van der Waals surface area contributed by atoms with Crippen molar-refractivity contribution in [2.75, 3.05) is 20.0 Å². The predicted octanol–water partition coefficient (Wildman–Crippen LogP) is 0.872. The highest BCUT2D eigenvalue weighted by atomic mass is 32.2. The third kappa shape index (κ3) is 4.52. The van der Waals surface area contributed by atoms with E-state index in [9.17, 15) is 23.1 Å². The van der Waals surface area contributed by atoms with Crippen LogP contribution in [0.1, 0.15) is 29.8 Å². The lowest BCUT2D eigenvalue weighted by Gasteiger charge is -2.25. The average molecular weight is 343 g/mol. The van der Waals surface area contributed by atoms with Crippen molar-refractivity contribution >= 4 is 21.7 Å². The van der Waals surface area contributed by atoms with E-state index in [1.165, 1.54) is 26.2 Å². The Balaban J connectivity index is 3.22. The Labute approximate surface area is 135 Å². The molecule has 8 heteroatoms. The first-order valence-electron chi connectivity index (χ1n) is 6.93. The molecule has 0 radical (unpaired) electrons. The lowest BCUT2D eigenvalue weighted by atomic mass is 10.0. The number of sulfone groups is 1. The lowest BCUT2D eigenvalue weighted by Crippen LogP contribution is -2.55. The summed E-state index contributed by atoms with van der Waals surface area (Å²) in [5, 5.41) is 11.6. The molecule has 0 bridgehead atoms. The van der Waals surface area contributed by atoms with Crippen LogP contribution < -0.4 is 5.32 Å². The number of benzene rings is 1. The Morgan fingerprint density at radius 1 is 1.35 bits per heavy atom. The van der Waals surface area contributed by atoms with Crippen LogP contribution in [-0.4, -0.2) is 50.9 Å². The number of rotatable bonds is 7. The number of carboxylic acids is 1. The molecule has 23 heavy (non-hydrogen) atoms. The number of hydrogen-bond acceptors (Lipinski definition) is 5. The monoisotopic (exact) mass is 343 g/mol. The Bertz CT molecular complexity index is 713. The van der Waals surface area contributed by atoms with Crippen LogP contribution in [0.15, 0.2) is 23.1 Å². The first-order valence-corrected chi connectivity index (χ1v) is 8.82. The van der Waals surface area contributed by atoms with E-state index in [2.05, 4.69) is 5.32 Å². The minimum absolute atomic E-state index is 0.0661. The molecular formula is C15H21NO6S. The number of hydrogen-bond donors (Lipinski definition) is 2. The largest absolute Gasteiger partial charge is 0.479 e. The molecule has 0 saturated carbocycles. The van der Waals surface area contributed by atoms with Crippen molar-refractivity contribution in [3.05, 3.63) is 29.3 Å². The number of ether oxygens (including phenoxy) is 1. The predicted molar refractivity (Wildman–Crippen MR) is 84.3 cm³/mol. The Morgan fingerprint density at radius 3 is 2.39 bits per heavy atom. The van der Waals surface area contributed by atoms with Crippen LogP contribution in [-0.2, 0) is 25.8 Å². The van der Waals surface area contributed by atoms with Crippen LogP contribution in [0.3, 0.4) is 0 Å². The molecule has 1 atom stereocenters. The van der Waals surface area contributed by atoms with Gasteiger partial charge in [-0.3, -0.25) is 4.79 Å². The van der Waals surface area contributed by atoms with Crippen molar-refractivity contribution in [3.63, 3.8) is 0 Å². The molecule has 0 aliphatic carbocycles. The molecule has 128 valence electrons. The normalized spacial score (nSPS) is 14.1. The van der Waals surface area contributed by atoms with Crippen LogP contribution >= 0.6 is 0 Å². The molecule has 0 spiro atoms. The van der Waals surface area contributed by atoms with Crippen LogP contribution in [0.5, 0.6) is 0 Å². The minimum atomic E-state index is -3.49. The third-order valence-corrected chi connectivity index (χ3v) is 4.58. The summed E-state index contributed by atoms with van der Waals surface area (Å²) in [4.78, 5) is 23.7. The number of amides is 1. The van der Waals surface area contributed by atoms with Gasteiger partial charge in [0.25, 0.3) is 5.91 Å². The quantitative estimate of drug-likeness (QED) is 0.760. The van der Waals surface area contributed by atoms with Gasteiger partial charge in [-0.2, -0.15) is 0 Å². The van der Waals surface area contributed by atoms with Crippen molar-refractivity contribution in [1.29, 1.82) is 0 Å². The van der Waals surface area contributed by atoms with Gasteiger partial charge in [0.15, 0.2) is 15.4 Å². The van der Waals surface area contributed by atoms with E-state index in [0.717, 1.165) is 6.26 Å². The van der Waals surface area contributed by atoms with E-state index in [1.54, 1.807) is 6.07 Å². The van der Waals surface area contributed by atoms with Gasteiger partial charge in [-0.15, -0.1) is 0 Å². The van der Waals surface area contributed by atoms with E-state index in [-0.39, 0.29) is 17.1 Å². The Kier molecular flexibility index (Phi) is 5.90. The summed E-state index contributed by atoms with van der Waals surface area (Å²) in [5.74, 6) is -1.93. The summed E-state index contributed by atoms with van der Waals surface area (Å²) in [6, 6.07) is 4.29. The molecule has 1 rings (SSSR count). The van der Waals surface area contributed by atoms with Gasteiger partial charge >= 0.3 is 5.97 Å². The summed E-state index contributed by atoms with van der Waals surface area (Å²) >= 11 is 0. The number of aliphatic carboxylic acids is 1. The van der Waals surface area contributed by atoms with Crippen molar-refractivity contribution in [2.45, 2.75) is 30.7 Å². The van der Waals surface area contributed by atoms with Gasteiger partial charge < -0.3 is 15.2 Å². The number of carbonyl (C=O) groups is 2. The summed E-state index contributed by atoms with van der Waals surface area (Å²) in [6.07, 6.45) is 1.57. The van der Waals surface area contributed by atoms with Crippen LogP contribution in [0.25, 0.3) is 0 Å². The molecule has 0 saturated heterocycles. The second-order valence-electron chi connectivity index (χ2n) is 5.47. The fourth-order valence-electron chi connectivity index (χ4n) is 2.10. The smallest absolute Gasteiger partial charge is 0.331 e. The van der Waals surface area contributed by atoms with Crippen molar-refractivity contribution in [1.82, 2.24) is 5.32 Å². The van der Waals surface area contributed by atoms with Gasteiger partial charge in [0.05, 0.1) is 11.5 Å². The zero-order valence-electron chi connectivity index (χ0n) is 13.5. The maximum absolute atomic E-state index is 12.3. The second-order valence-corrected chi connectivity index (χ2v) is 7.46. The summed E-state index contributed by atoms with van der Waals surface area (Å²) in [7, 11) is -2.17. The standard InChI is InChI=1S/C15H21NO6S/c1-5-10-6-7-11(8-12(10)23(4,20)21)13(17)16-15(2,9-22-3)14(18)19/h6-8H,5,9H2,1-4H3,(H,16,17)(H,18,19). The van der Waals surface area contributed by atoms with E-state index in [1.807, 2.05) is 6.92 Å². The number of methoxy groups -OCH3 is 1. The summed E-state index contributed by atoms with van der Waals surface area (Å²) in [5.41, 5.74) is -0.936. The van der Waals surface area contributed by atoms with E-state index < -0.39 is 27.3 Å². The topological polar surface area (TPSA) is 110 Å². The van der Waals surface area contributed by atoms with Crippen LogP contribution in [0.4, 0.5) is 0 Å². The maximum Gasteiger partial charge on any atom is 0.331 e. The van der Waals surface area contributed by atoms with Crippen LogP contribution in [0.2, 0.25) is 0 Å². The van der Waals surface area contributed by atoms with Gasteiger partial charge in [0.2, 0.25) is 0 Å². The number of carboxylic acid groups (broad SMARTS) is 1. The second kappa shape index (κ2) is 7.10. The molecule has 0 aliphatic rings. The highest BCUT2D eigenvalue weighted by molar-refractivity contribution is 7.90. The van der Waals surface area contributed by atoms with Crippen molar-refractivity contribution in [3.8, 4) is 0 Å². The fraction of sp³-hybridized carbons (Fsp3) is 0.467. The van der Waals surface area contributed by atoms with Gasteiger partial charge in [0, 0.05) is 18.9 Å². The average Bonchev–Trinajstić information content (AvgIpc) is 2.45. The van der Waals surface area contributed by atoms with Gasteiger partial charge in [-0.25, -0.2) is 13.2 Å². The Morgan fingerprint density at radius 2 is 1.96 bits per heavy atom. The highest BCUT2D eigenvalue weighted by Crippen LogP contribution is 2.19. The molecular weight excluding hydrogens is 322 g/mol. The maximum atomic E-state index is 12.3. The van der Waals surface area contributed by atoms with Crippen molar-refractivity contribution < 1.29 is 27.9 Å². The van der Waals surface area contributed by atoms with Gasteiger partial charge in [-0.05, 0) is 31.0 Å². The molecule has 0 heterocycles. The number of nitrogens with one attached hydrogen (secondary N) is 1. The molecule has 1 aromatic rings. The van der Waals surface area contributed by atoms with Gasteiger partial charge in [-0.1, -0.05) is 13.0 Å². The molecule has 7 nitrogen and oxygen atoms in total. The number of aryl methyl sites for hydroxylation is 1. The molecule has 0 aromatic heterocycles. The zero-order chi connectivity index (χ0) is 17.8. The van der Waals surface area contributed by atoms with E-state index in [0.29, 0.717) is 12.0 Å². The molecule has 1 amide bonds. The van der Waals surface area contributed by atoms with Gasteiger partial charge in [0.1, 0.15) is 0 Å². The lowest BCUT2D eigenvalue weighted by molar-refractivity contribution is -0.145. The molecule has 1 unspecified atom stereocenters. The summed E-state index contributed by atoms with van der Waals surface area (Å²) in [6.45, 7) is 2.90. The summed E-state index contributed by atoms with van der Waals surface area (Å²) < 4.78 is 28.5. The van der Waals surface area contributed by atoms with Crippen molar-refractivity contribution in [2.24, 2.45) is 0 Å². The first-order chi connectivity index (χ1) is 10.5. The zero-order valence-corrected chi connectivity index (χ0v) is 14.4. The Hall–Kier alpha value is -1.93. The molecule has 0 aliphatic heterocycles. The van der Waals surface area contributed by atoms with E-state index >= 15 is 0 Å². The van der Waals surface area contributed by atoms with E-state index in [4.69, 9.17) is 4.74 Å². The highest BCUT2D eigenvalue weighted by Gasteiger charge is 2.35. The fourth-order valence-corrected chi connectivity index (χ4v) is 3.13. The minimum Gasteiger partial charge on any atom is -0.479 e. The molecule has 2 N–H and O–H groups in total. The molecule has 1 aromatic carbocycles. The third-order valence-electron chi connectivity index (χ3n) is 3.40.